The molecule has 0 N–H and O–H groups in total. The fourth-order valence-corrected chi connectivity index (χ4v) is 2.16. The highest BCUT2D eigenvalue weighted by Gasteiger charge is 2.17. The van der Waals surface area contributed by atoms with Gasteiger partial charge in [-0.1, -0.05) is 6.07 Å². The Morgan fingerprint density at radius 2 is 1.94 bits per heavy atom. The molecule has 1 aromatic rings. The fourth-order valence-electron chi connectivity index (χ4n) is 1.30. The lowest BCUT2D eigenvalue weighted by Crippen LogP contribution is -2.16. The van der Waals surface area contributed by atoms with Gasteiger partial charge in [0.15, 0.2) is 5.78 Å². The average Bonchev–Trinajstić information content (AvgIpc) is 2.27. The summed E-state index contributed by atoms with van der Waals surface area (Å²) in [6.07, 6.45) is 0. The first-order valence-electron chi connectivity index (χ1n) is 5.04. The molecule has 1 rings (SSSR count). The lowest BCUT2D eigenvalue weighted by Gasteiger charge is -2.13. The second-order valence-electron chi connectivity index (χ2n) is 3.65. The van der Waals surface area contributed by atoms with Crippen molar-refractivity contribution in [2.24, 2.45) is 0 Å². The number of hydrogen-bond donors (Lipinski definition) is 0. The largest absolute Gasteiger partial charge is 0.496 e. The van der Waals surface area contributed by atoms with E-state index in [1.165, 1.54) is 18.9 Å². The van der Waals surface area contributed by atoms with E-state index in [1.54, 1.807) is 32.3 Å². The Kier molecular flexibility index (Phi) is 4.57. The zero-order valence-electron chi connectivity index (χ0n) is 10.3. The molecule has 4 nitrogen and oxygen atoms in total. The van der Waals surface area contributed by atoms with Crippen LogP contribution in [0.1, 0.15) is 17.3 Å². The lowest BCUT2D eigenvalue weighted by molar-refractivity contribution is 0.101. The van der Waals surface area contributed by atoms with Crippen molar-refractivity contribution in [3.8, 4) is 5.75 Å². The summed E-state index contributed by atoms with van der Waals surface area (Å²) in [4.78, 5) is 25.3. The molecule has 0 saturated heterocycles. The summed E-state index contributed by atoms with van der Waals surface area (Å²) >= 11 is 1.02. The van der Waals surface area contributed by atoms with Crippen molar-refractivity contribution in [1.29, 1.82) is 0 Å². The zero-order valence-corrected chi connectivity index (χ0v) is 11.1. The van der Waals surface area contributed by atoms with Gasteiger partial charge in [-0.3, -0.25) is 9.59 Å². The second kappa shape index (κ2) is 5.72. The van der Waals surface area contributed by atoms with Gasteiger partial charge in [0.2, 0.25) is 0 Å². The van der Waals surface area contributed by atoms with Gasteiger partial charge in [-0.05, 0) is 30.8 Å². The molecule has 1 amide bonds. The first kappa shape index (κ1) is 13.6. The van der Waals surface area contributed by atoms with Crippen LogP contribution in [0.4, 0.5) is 4.79 Å². The lowest BCUT2D eigenvalue weighted by atomic mass is 10.1. The standard InChI is InChI=1S/C12H15NO3S/c1-8(14)11-9(16-4)6-5-7-10(11)17-12(15)13(2)3/h5-7H,1-4H3. The van der Waals surface area contributed by atoms with E-state index in [0.29, 0.717) is 16.2 Å². The van der Waals surface area contributed by atoms with E-state index in [9.17, 15) is 9.59 Å². The monoisotopic (exact) mass is 253 g/mol. The maximum absolute atomic E-state index is 11.6. The van der Waals surface area contributed by atoms with Crippen LogP contribution in [-0.4, -0.2) is 37.1 Å². The number of amides is 1. The predicted octanol–water partition coefficient (Wildman–Crippen LogP) is 2.67. The zero-order chi connectivity index (χ0) is 13.0. The summed E-state index contributed by atoms with van der Waals surface area (Å²) in [6.45, 7) is 1.46. The maximum atomic E-state index is 11.6. The molecule has 0 aliphatic heterocycles. The van der Waals surface area contributed by atoms with Crippen LogP contribution in [0.2, 0.25) is 0 Å². The van der Waals surface area contributed by atoms with Crippen LogP contribution >= 0.6 is 11.8 Å². The van der Waals surface area contributed by atoms with Crippen LogP contribution in [0.15, 0.2) is 23.1 Å². The van der Waals surface area contributed by atoms with Gasteiger partial charge in [-0.25, -0.2) is 0 Å². The number of thioether (sulfide) groups is 1. The van der Waals surface area contributed by atoms with E-state index in [4.69, 9.17) is 4.74 Å². The van der Waals surface area contributed by atoms with E-state index in [0.717, 1.165) is 11.8 Å². The van der Waals surface area contributed by atoms with Crippen molar-refractivity contribution in [1.82, 2.24) is 4.90 Å². The first-order valence-corrected chi connectivity index (χ1v) is 5.86. The summed E-state index contributed by atoms with van der Waals surface area (Å²) in [5.74, 6) is 0.380. The van der Waals surface area contributed by atoms with Crippen molar-refractivity contribution in [2.45, 2.75) is 11.8 Å². The van der Waals surface area contributed by atoms with E-state index in [-0.39, 0.29) is 11.0 Å². The van der Waals surface area contributed by atoms with E-state index < -0.39 is 0 Å². The van der Waals surface area contributed by atoms with Crippen LogP contribution in [0.5, 0.6) is 5.75 Å². The molecule has 0 spiro atoms. The van der Waals surface area contributed by atoms with Gasteiger partial charge in [-0.15, -0.1) is 0 Å². The number of ketones is 1. The van der Waals surface area contributed by atoms with Gasteiger partial charge >= 0.3 is 0 Å². The van der Waals surface area contributed by atoms with Crippen LogP contribution in [0, 0.1) is 0 Å². The molecule has 5 heteroatoms. The third-order valence-electron chi connectivity index (χ3n) is 2.12. The number of nitrogens with zero attached hydrogens (tertiary/aromatic N) is 1. The van der Waals surface area contributed by atoms with Crippen molar-refractivity contribution >= 4 is 22.8 Å². The van der Waals surface area contributed by atoms with Gasteiger partial charge in [0.25, 0.3) is 5.24 Å². The highest BCUT2D eigenvalue weighted by Crippen LogP contribution is 2.31. The average molecular weight is 253 g/mol. The van der Waals surface area contributed by atoms with Crippen LogP contribution in [-0.2, 0) is 0 Å². The molecule has 0 fully saturated rings. The van der Waals surface area contributed by atoms with Crippen LogP contribution < -0.4 is 4.74 Å². The number of methoxy groups -OCH3 is 1. The van der Waals surface area contributed by atoms with Gasteiger partial charge in [0, 0.05) is 19.0 Å². The number of hydrogen-bond acceptors (Lipinski definition) is 4. The van der Waals surface area contributed by atoms with Crippen LogP contribution in [0.25, 0.3) is 0 Å². The molecule has 0 saturated carbocycles. The Morgan fingerprint density at radius 3 is 2.41 bits per heavy atom. The molecule has 0 unspecified atom stereocenters. The van der Waals surface area contributed by atoms with Gasteiger partial charge in [-0.2, -0.15) is 0 Å². The quantitative estimate of drug-likeness (QED) is 0.613. The molecule has 17 heavy (non-hydrogen) atoms. The topological polar surface area (TPSA) is 46.6 Å². The van der Waals surface area contributed by atoms with Crippen LogP contribution in [0.3, 0.4) is 0 Å². The number of carbonyl (C=O) groups excluding carboxylic acids is 2. The number of rotatable bonds is 3. The highest BCUT2D eigenvalue weighted by molar-refractivity contribution is 8.13. The molecule has 0 heterocycles. The smallest absolute Gasteiger partial charge is 0.285 e. The first-order chi connectivity index (χ1) is 7.97. The molecule has 0 aliphatic carbocycles. The highest BCUT2D eigenvalue weighted by atomic mass is 32.2. The maximum Gasteiger partial charge on any atom is 0.285 e. The molecular formula is C12H15NO3S. The van der Waals surface area contributed by atoms with E-state index in [1.807, 2.05) is 0 Å². The summed E-state index contributed by atoms with van der Waals surface area (Å²) < 4.78 is 5.13. The molecule has 0 bridgehead atoms. The van der Waals surface area contributed by atoms with Crippen molar-refractivity contribution in [2.75, 3.05) is 21.2 Å². The number of benzene rings is 1. The summed E-state index contributed by atoms with van der Waals surface area (Å²) in [6, 6.07) is 5.21. The predicted molar refractivity (Wildman–Crippen MR) is 67.9 cm³/mol. The normalized spacial score (nSPS) is 9.88. The summed E-state index contributed by atoms with van der Waals surface area (Å²) in [7, 11) is 4.84. The van der Waals surface area contributed by atoms with Gasteiger partial charge in [0.1, 0.15) is 5.75 Å². The van der Waals surface area contributed by atoms with Gasteiger partial charge < -0.3 is 9.64 Å². The molecule has 92 valence electrons. The minimum absolute atomic E-state index is 0.114. The Balaban J connectivity index is 3.15. The molecule has 0 atom stereocenters. The summed E-state index contributed by atoms with van der Waals surface area (Å²) in [5, 5.41) is -0.124. The third kappa shape index (κ3) is 3.23. The molecule has 1 aromatic carbocycles. The van der Waals surface area contributed by atoms with Gasteiger partial charge in [0.05, 0.1) is 12.7 Å². The van der Waals surface area contributed by atoms with Crippen molar-refractivity contribution < 1.29 is 14.3 Å². The molecule has 0 aromatic heterocycles. The number of carbonyl (C=O) groups is 2. The fraction of sp³-hybridized carbons (Fsp3) is 0.333. The van der Waals surface area contributed by atoms with Crippen molar-refractivity contribution in [3.05, 3.63) is 23.8 Å². The minimum atomic E-state index is -0.124. The Bertz CT molecular complexity index is 443. The number of Topliss-reactive ketones (excluding diaryl/α,β-unsaturated/α-hetero) is 1. The Hall–Kier alpha value is -1.49. The number of ether oxygens (including phenoxy) is 1. The van der Waals surface area contributed by atoms with Crippen molar-refractivity contribution in [3.63, 3.8) is 0 Å². The molecule has 0 aliphatic rings. The molecule has 0 radical (unpaired) electrons. The second-order valence-corrected chi connectivity index (χ2v) is 4.65. The Labute approximate surface area is 105 Å². The third-order valence-corrected chi connectivity index (χ3v) is 3.22. The minimum Gasteiger partial charge on any atom is -0.496 e. The van der Waals surface area contributed by atoms with E-state index in [2.05, 4.69) is 0 Å². The Morgan fingerprint density at radius 1 is 1.29 bits per heavy atom. The summed E-state index contributed by atoms with van der Waals surface area (Å²) in [5.41, 5.74) is 0.454. The SMILES string of the molecule is COc1cccc(SC(=O)N(C)C)c1C(C)=O. The molecular weight excluding hydrogens is 238 g/mol. The van der Waals surface area contributed by atoms with E-state index >= 15 is 0 Å².